The summed E-state index contributed by atoms with van der Waals surface area (Å²) in [5, 5.41) is 3.95. The predicted octanol–water partition coefficient (Wildman–Crippen LogP) is 4.56. The van der Waals surface area contributed by atoms with E-state index in [0.717, 1.165) is 30.9 Å². The Morgan fingerprint density at radius 3 is 2.23 bits per heavy atom. The molecule has 1 saturated carbocycles. The lowest BCUT2D eigenvalue weighted by atomic mass is 9.76. The molecule has 5 atom stereocenters. The molecule has 9 heteroatoms. The van der Waals surface area contributed by atoms with E-state index in [1.807, 2.05) is 36.1 Å². The number of nitrogens with one attached hydrogen (secondary N) is 1. The van der Waals surface area contributed by atoms with Crippen LogP contribution in [-0.4, -0.2) is 96.0 Å². The van der Waals surface area contributed by atoms with E-state index in [0.29, 0.717) is 56.8 Å². The third-order valence-corrected chi connectivity index (χ3v) is 10.9. The first-order chi connectivity index (χ1) is 20.4. The van der Waals surface area contributed by atoms with Crippen LogP contribution in [0.15, 0.2) is 24.3 Å². The topological polar surface area (TPSA) is 82.2 Å². The fourth-order valence-corrected chi connectivity index (χ4v) is 7.73. The van der Waals surface area contributed by atoms with Crippen LogP contribution < -0.4 is 5.32 Å². The van der Waals surface area contributed by atoms with E-state index in [4.69, 9.17) is 16.3 Å². The van der Waals surface area contributed by atoms with Crippen molar-refractivity contribution in [3.63, 3.8) is 0 Å². The van der Waals surface area contributed by atoms with Crippen molar-refractivity contribution in [1.29, 1.82) is 0 Å². The summed E-state index contributed by atoms with van der Waals surface area (Å²) >= 11 is 6.21. The molecular weight excluding hydrogens is 564 g/mol. The molecule has 3 saturated heterocycles. The molecule has 0 aromatic heterocycles. The Balaban J connectivity index is 1.36. The van der Waals surface area contributed by atoms with Crippen LogP contribution in [-0.2, 0) is 19.1 Å². The Labute approximate surface area is 262 Å². The highest BCUT2D eigenvalue weighted by molar-refractivity contribution is 6.30. The summed E-state index contributed by atoms with van der Waals surface area (Å²) in [5.74, 6) is 0.770. The van der Waals surface area contributed by atoms with Crippen LogP contribution in [0.2, 0.25) is 5.02 Å². The molecule has 1 aromatic rings. The lowest BCUT2D eigenvalue weighted by molar-refractivity contribution is -0.148. The van der Waals surface area contributed by atoms with E-state index < -0.39 is 6.04 Å². The van der Waals surface area contributed by atoms with Gasteiger partial charge in [0.2, 0.25) is 17.7 Å². The van der Waals surface area contributed by atoms with Gasteiger partial charge in [-0.2, -0.15) is 0 Å². The van der Waals surface area contributed by atoms with Crippen LogP contribution in [0.1, 0.15) is 78.2 Å². The van der Waals surface area contributed by atoms with Gasteiger partial charge in [-0.25, -0.2) is 0 Å². The second kappa shape index (κ2) is 13.5. The van der Waals surface area contributed by atoms with Gasteiger partial charge in [0.1, 0.15) is 6.04 Å². The van der Waals surface area contributed by atoms with E-state index in [2.05, 4.69) is 37.9 Å². The van der Waals surface area contributed by atoms with Crippen LogP contribution >= 0.6 is 11.6 Å². The van der Waals surface area contributed by atoms with E-state index in [9.17, 15) is 14.4 Å². The third kappa shape index (κ3) is 7.39. The summed E-state index contributed by atoms with van der Waals surface area (Å²) in [6, 6.07) is 6.99. The van der Waals surface area contributed by atoms with Gasteiger partial charge >= 0.3 is 0 Å². The summed E-state index contributed by atoms with van der Waals surface area (Å²) in [6.07, 6.45) is 4.96. The molecule has 0 radical (unpaired) electrons. The largest absolute Gasteiger partial charge is 0.378 e. The lowest BCUT2D eigenvalue weighted by Gasteiger charge is -2.34. The van der Waals surface area contributed by atoms with E-state index >= 15 is 0 Å². The summed E-state index contributed by atoms with van der Waals surface area (Å²) in [7, 11) is 0. The first-order valence-corrected chi connectivity index (χ1v) is 16.8. The molecule has 3 amide bonds. The van der Waals surface area contributed by atoms with Crippen molar-refractivity contribution < 1.29 is 19.1 Å². The van der Waals surface area contributed by atoms with Crippen LogP contribution in [0.25, 0.3) is 0 Å². The molecule has 8 nitrogen and oxygen atoms in total. The number of benzene rings is 1. The second-order valence-electron chi connectivity index (χ2n) is 14.5. The zero-order chi connectivity index (χ0) is 30.9. The van der Waals surface area contributed by atoms with Crippen LogP contribution in [0.5, 0.6) is 0 Å². The Morgan fingerprint density at radius 1 is 0.953 bits per heavy atom. The SMILES string of the molecule is CC1CCC(C(C)C(=O)N[C@H]2C[C@@H](C(=O)N3CCOCC3)N(C(=O)[C@@H]3CN(C(C)(C)C)C[C@H]3c3ccc(Cl)cc3)C2)CC1. The van der Waals surface area contributed by atoms with Crippen molar-refractivity contribution in [3.8, 4) is 0 Å². The van der Waals surface area contributed by atoms with Gasteiger partial charge < -0.3 is 19.9 Å². The number of carbonyl (C=O) groups excluding carboxylic acids is 3. The number of hydrogen-bond acceptors (Lipinski definition) is 5. The zero-order valence-electron chi connectivity index (χ0n) is 26.7. The van der Waals surface area contributed by atoms with Gasteiger partial charge in [-0.15, -0.1) is 0 Å². The van der Waals surface area contributed by atoms with Crippen molar-refractivity contribution in [2.75, 3.05) is 45.9 Å². The minimum absolute atomic E-state index is 0.00405. The quantitative estimate of drug-likeness (QED) is 0.508. The highest BCUT2D eigenvalue weighted by Gasteiger charge is 2.49. The van der Waals surface area contributed by atoms with E-state index in [1.54, 1.807) is 4.90 Å². The van der Waals surface area contributed by atoms with Gasteiger partial charge in [0.05, 0.1) is 19.1 Å². The Kier molecular flexibility index (Phi) is 10.1. The predicted molar refractivity (Wildman–Crippen MR) is 169 cm³/mol. The number of rotatable bonds is 6. The number of halogens is 1. The van der Waals surface area contributed by atoms with Gasteiger partial charge in [-0.05, 0) is 69.6 Å². The summed E-state index contributed by atoms with van der Waals surface area (Å²) in [5.41, 5.74) is 0.988. The Hall–Kier alpha value is -2.16. The van der Waals surface area contributed by atoms with Crippen molar-refractivity contribution in [1.82, 2.24) is 20.0 Å². The Morgan fingerprint density at radius 2 is 1.60 bits per heavy atom. The molecule has 0 spiro atoms. The molecule has 1 aromatic carbocycles. The zero-order valence-corrected chi connectivity index (χ0v) is 27.4. The van der Waals surface area contributed by atoms with Gasteiger partial charge in [-0.1, -0.05) is 50.4 Å². The monoisotopic (exact) mass is 614 g/mol. The molecule has 3 aliphatic heterocycles. The number of nitrogens with zero attached hydrogens (tertiary/aromatic N) is 3. The third-order valence-electron chi connectivity index (χ3n) is 10.6. The van der Waals surface area contributed by atoms with Crippen molar-refractivity contribution >= 4 is 29.3 Å². The van der Waals surface area contributed by atoms with Gasteiger partial charge in [0.15, 0.2) is 0 Å². The van der Waals surface area contributed by atoms with Crippen molar-refractivity contribution in [2.24, 2.45) is 23.7 Å². The molecule has 238 valence electrons. The maximum absolute atomic E-state index is 14.6. The number of morpholine rings is 1. The number of amides is 3. The smallest absolute Gasteiger partial charge is 0.245 e. The Bertz CT molecular complexity index is 1140. The molecule has 0 bridgehead atoms. The van der Waals surface area contributed by atoms with E-state index in [-0.39, 0.29) is 47.1 Å². The normalized spacial score (nSPS) is 31.2. The first kappa shape index (κ1) is 32.2. The van der Waals surface area contributed by atoms with Crippen LogP contribution in [0, 0.1) is 23.7 Å². The van der Waals surface area contributed by atoms with Crippen molar-refractivity contribution in [2.45, 2.75) is 90.3 Å². The summed E-state index contributed by atoms with van der Waals surface area (Å²) in [6.45, 7) is 14.7. The minimum Gasteiger partial charge on any atom is -0.378 e. The van der Waals surface area contributed by atoms with Crippen LogP contribution in [0.4, 0.5) is 0 Å². The van der Waals surface area contributed by atoms with Gasteiger partial charge in [0.25, 0.3) is 0 Å². The highest BCUT2D eigenvalue weighted by Crippen LogP contribution is 2.39. The maximum atomic E-state index is 14.6. The fourth-order valence-electron chi connectivity index (χ4n) is 7.61. The van der Waals surface area contributed by atoms with Gasteiger partial charge in [-0.3, -0.25) is 19.3 Å². The molecule has 1 aliphatic carbocycles. The van der Waals surface area contributed by atoms with Crippen molar-refractivity contribution in [3.05, 3.63) is 34.9 Å². The highest BCUT2D eigenvalue weighted by atomic mass is 35.5. The van der Waals surface area contributed by atoms with E-state index in [1.165, 1.54) is 12.8 Å². The molecule has 4 aliphatic rings. The number of hydrogen-bond donors (Lipinski definition) is 1. The fraction of sp³-hybridized carbons (Fsp3) is 0.735. The number of likely N-dealkylation sites (tertiary alicyclic amines) is 2. The number of ether oxygens (including phenoxy) is 1. The standard InChI is InChI=1S/C34H51ClN4O4/c1-22-6-8-24(9-7-22)23(2)31(40)36-27-18-30(33(42)37-14-16-43-17-15-37)39(19-27)32(41)29-21-38(34(3,4)5)20-28(29)25-10-12-26(35)13-11-25/h10-13,22-24,27-30H,6-9,14-21H2,1-5H3,(H,36,40)/t22?,23?,24?,27-,28-,29+,30-/m0/s1. The minimum atomic E-state index is -0.587. The number of carbonyl (C=O) groups is 3. The van der Waals surface area contributed by atoms with Crippen LogP contribution in [0.3, 0.4) is 0 Å². The first-order valence-electron chi connectivity index (χ1n) is 16.4. The average molecular weight is 615 g/mol. The summed E-state index contributed by atoms with van der Waals surface area (Å²) < 4.78 is 5.50. The molecule has 1 unspecified atom stereocenters. The average Bonchev–Trinajstić information content (AvgIpc) is 3.63. The summed E-state index contributed by atoms with van der Waals surface area (Å²) in [4.78, 5) is 48.0. The second-order valence-corrected chi connectivity index (χ2v) is 15.0. The molecule has 43 heavy (non-hydrogen) atoms. The lowest BCUT2D eigenvalue weighted by Crippen LogP contribution is -2.52. The molecule has 3 heterocycles. The molecule has 5 rings (SSSR count). The van der Waals surface area contributed by atoms with Gasteiger partial charge in [0, 0.05) is 61.2 Å². The molecule has 4 fully saturated rings. The maximum Gasteiger partial charge on any atom is 0.245 e. The molecular formula is C34H51ClN4O4. The molecule has 1 N–H and O–H groups in total.